The van der Waals surface area contributed by atoms with Crippen LogP contribution >= 0.6 is 0 Å². The number of likely N-dealkylation sites (tertiary alicyclic amines) is 1. The highest BCUT2D eigenvalue weighted by atomic mass is 19.1. The van der Waals surface area contributed by atoms with Gasteiger partial charge in [0.1, 0.15) is 17.0 Å². The molecule has 2 amide bonds. The Bertz CT molecular complexity index is 784. The molecule has 0 radical (unpaired) electrons. The summed E-state index contributed by atoms with van der Waals surface area (Å²) in [6.07, 6.45) is 2.60. The van der Waals surface area contributed by atoms with E-state index in [1.165, 1.54) is 17.0 Å². The molecule has 1 aromatic carbocycles. The number of benzene rings is 1. The number of amides is 2. The van der Waals surface area contributed by atoms with Crippen LogP contribution in [0.1, 0.15) is 59.4 Å². The minimum atomic E-state index is -0.944. The number of rotatable bonds is 3. The Kier molecular flexibility index (Phi) is 5.40. The maximum Gasteiger partial charge on any atom is 0.414 e. The third kappa shape index (κ3) is 3.60. The Hall–Kier alpha value is -2.15. The van der Waals surface area contributed by atoms with E-state index < -0.39 is 23.1 Å². The van der Waals surface area contributed by atoms with Crippen LogP contribution in [0, 0.1) is 5.82 Å². The monoisotopic (exact) mass is 391 g/mol. The van der Waals surface area contributed by atoms with Crippen LogP contribution in [0.3, 0.4) is 0 Å². The Morgan fingerprint density at radius 3 is 2.50 bits per heavy atom. The number of fused-ring (bicyclic) bond motifs is 1. The lowest BCUT2D eigenvalue weighted by Crippen LogP contribution is -2.50. The highest BCUT2D eigenvalue weighted by molar-refractivity contribution is 6.10. The van der Waals surface area contributed by atoms with Gasteiger partial charge in [0, 0.05) is 12.1 Å². The minimum Gasteiger partial charge on any atom is -0.443 e. The van der Waals surface area contributed by atoms with Gasteiger partial charge in [0.25, 0.3) is 0 Å². The number of hydrogen-bond donors (Lipinski definition) is 1. The first-order chi connectivity index (χ1) is 13.1. The number of carbonyl (C=O) groups excluding carboxylic acids is 2. The van der Waals surface area contributed by atoms with Gasteiger partial charge in [0.05, 0.1) is 11.4 Å². The van der Waals surface area contributed by atoms with E-state index in [0.717, 1.165) is 32.4 Å². The fourth-order valence-corrected chi connectivity index (χ4v) is 4.05. The molecule has 1 fully saturated rings. The second-order valence-corrected chi connectivity index (χ2v) is 8.65. The van der Waals surface area contributed by atoms with Crippen molar-refractivity contribution in [3.63, 3.8) is 0 Å². The fourth-order valence-electron chi connectivity index (χ4n) is 4.05. The largest absolute Gasteiger partial charge is 0.443 e. The van der Waals surface area contributed by atoms with Crippen LogP contribution in [0.15, 0.2) is 12.1 Å². The van der Waals surface area contributed by atoms with Crippen molar-refractivity contribution in [3.05, 3.63) is 23.5 Å². The highest BCUT2D eigenvalue weighted by Crippen LogP contribution is 2.46. The van der Waals surface area contributed by atoms with Crippen LogP contribution in [0.4, 0.5) is 20.6 Å². The van der Waals surface area contributed by atoms with E-state index >= 15 is 0 Å². The molecule has 2 aliphatic rings. The first kappa shape index (κ1) is 20.6. The Morgan fingerprint density at radius 1 is 1.29 bits per heavy atom. The van der Waals surface area contributed by atoms with Gasteiger partial charge in [0.15, 0.2) is 0 Å². The van der Waals surface area contributed by atoms with E-state index in [9.17, 15) is 14.0 Å². The standard InChI is InChI=1S/C21H30FN3O3/c1-6-25(19(27)28-20(2,3)4)16-13-14(22)12-15-17(16)23-18(26)21(15,5)24-10-8-7-9-11-24/h12-13H,6-11H2,1-5H3,(H,23,26)/t21-/m0/s1. The third-order valence-corrected chi connectivity index (χ3v) is 5.50. The van der Waals surface area contributed by atoms with Gasteiger partial charge in [-0.2, -0.15) is 0 Å². The summed E-state index contributed by atoms with van der Waals surface area (Å²) in [4.78, 5) is 29.2. The summed E-state index contributed by atoms with van der Waals surface area (Å²) in [5.74, 6) is -0.660. The normalized spacial score (nSPS) is 22.6. The number of piperidine rings is 1. The average Bonchev–Trinajstić information content (AvgIpc) is 2.87. The zero-order chi connectivity index (χ0) is 20.7. The van der Waals surface area contributed by atoms with Crippen LogP contribution in [0.5, 0.6) is 0 Å². The minimum absolute atomic E-state index is 0.184. The van der Waals surface area contributed by atoms with Crippen molar-refractivity contribution >= 4 is 23.4 Å². The van der Waals surface area contributed by atoms with Crippen molar-refractivity contribution in [2.45, 2.75) is 65.0 Å². The predicted molar refractivity (Wildman–Crippen MR) is 107 cm³/mol. The first-order valence-corrected chi connectivity index (χ1v) is 9.99. The first-order valence-electron chi connectivity index (χ1n) is 9.99. The van der Waals surface area contributed by atoms with E-state index in [0.29, 0.717) is 23.5 Å². The molecule has 154 valence electrons. The molecule has 0 bridgehead atoms. The molecule has 0 aliphatic carbocycles. The second kappa shape index (κ2) is 7.35. The molecule has 0 unspecified atom stereocenters. The number of nitrogens with zero attached hydrogens (tertiary/aromatic N) is 2. The van der Waals surface area contributed by atoms with Crippen molar-refractivity contribution in [1.82, 2.24) is 4.90 Å². The van der Waals surface area contributed by atoms with Gasteiger partial charge in [-0.25, -0.2) is 9.18 Å². The third-order valence-electron chi connectivity index (χ3n) is 5.50. The van der Waals surface area contributed by atoms with Gasteiger partial charge in [0.2, 0.25) is 5.91 Å². The molecule has 28 heavy (non-hydrogen) atoms. The molecule has 6 nitrogen and oxygen atoms in total. The summed E-state index contributed by atoms with van der Waals surface area (Å²) in [5.41, 5.74) is -0.212. The number of hydrogen-bond acceptors (Lipinski definition) is 4. The van der Waals surface area contributed by atoms with Gasteiger partial charge >= 0.3 is 6.09 Å². The van der Waals surface area contributed by atoms with Crippen LogP contribution < -0.4 is 10.2 Å². The van der Waals surface area contributed by atoms with Crippen LogP contribution in [0.2, 0.25) is 0 Å². The summed E-state index contributed by atoms with van der Waals surface area (Å²) in [5, 5.41) is 2.92. The summed E-state index contributed by atoms with van der Waals surface area (Å²) >= 11 is 0. The van der Waals surface area contributed by atoms with E-state index in [2.05, 4.69) is 10.2 Å². The maximum absolute atomic E-state index is 14.6. The lowest BCUT2D eigenvalue weighted by atomic mass is 9.89. The molecule has 2 heterocycles. The maximum atomic E-state index is 14.6. The molecule has 7 heteroatoms. The van der Waals surface area contributed by atoms with Crippen molar-refractivity contribution in [2.75, 3.05) is 29.9 Å². The molecule has 0 saturated carbocycles. The van der Waals surface area contributed by atoms with Gasteiger partial charge in [-0.3, -0.25) is 14.6 Å². The van der Waals surface area contributed by atoms with Crippen LogP contribution in [-0.4, -0.2) is 42.1 Å². The summed E-state index contributed by atoms with van der Waals surface area (Å²) in [6, 6.07) is 2.70. The molecule has 1 atom stereocenters. The Balaban J connectivity index is 2.06. The highest BCUT2D eigenvalue weighted by Gasteiger charge is 2.49. The zero-order valence-electron chi connectivity index (χ0n) is 17.4. The summed E-state index contributed by atoms with van der Waals surface area (Å²) < 4.78 is 20.1. The smallest absolute Gasteiger partial charge is 0.414 e. The van der Waals surface area contributed by atoms with E-state index in [1.54, 1.807) is 27.7 Å². The van der Waals surface area contributed by atoms with Crippen molar-refractivity contribution in [1.29, 1.82) is 0 Å². The zero-order valence-corrected chi connectivity index (χ0v) is 17.4. The Morgan fingerprint density at radius 2 is 1.93 bits per heavy atom. The topological polar surface area (TPSA) is 61.9 Å². The molecule has 1 N–H and O–H groups in total. The molecular formula is C21H30FN3O3. The molecule has 1 aromatic rings. The average molecular weight is 391 g/mol. The quantitative estimate of drug-likeness (QED) is 0.837. The lowest BCUT2D eigenvalue weighted by molar-refractivity contribution is -0.127. The Labute approximate surface area is 166 Å². The molecule has 3 rings (SSSR count). The molecular weight excluding hydrogens is 361 g/mol. The SMILES string of the molecule is CCN(C(=O)OC(C)(C)C)c1cc(F)cc2c1NC(=O)[C@@]2(C)N1CCCCC1. The summed E-state index contributed by atoms with van der Waals surface area (Å²) in [7, 11) is 0. The van der Waals surface area contributed by atoms with Crippen molar-refractivity contribution in [3.8, 4) is 0 Å². The van der Waals surface area contributed by atoms with Gasteiger partial charge in [-0.1, -0.05) is 6.42 Å². The van der Waals surface area contributed by atoms with E-state index in [4.69, 9.17) is 4.74 Å². The molecule has 0 aromatic heterocycles. The van der Waals surface area contributed by atoms with E-state index in [-0.39, 0.29) is 5.91 Å². The lowest BCUT2D eigenvalue weighted by Gasteiger charge is -2.39. The van der Waals surface area contributed by atoms with Crippen molar-refractivity contribution < 1.29 is 18.7 Å². The molecule has 1 saturated heterocycles. The number of ether oxygens (including phenoxy) is 1. The second-order valence-electron chi connectivity index (χ2n) is 8.65. The van der Waals surface area contributed by atoms with Gasteiger partial charge in [-0.05, 0) is 72.7 Å². The van der Waals surface area contributed by atoms with E-state index in [1.807, 2.05) is 6.92 Å². The van der Waals surface area contributed by atoms with Crippen molar-refractivity contribution in [2.24, 2.45) is 0 Å². The fraction of sp³-hybridized carbons (Fsp3) is 0.619. The number of anilines is 2. The number of nitrogens with one attached hydrogen (secondary N) is 1. The predicted octanol–water partition coefficient (Wildman–Crippen LogP) is 4.24. The molecule has 2 aliphatic heterocycles. The van der Waals surface area contributed by atoms with Gasteiger partial charge < -0.3 is 10.1 Å². The van der Waals surface area contributed by atoms with Crippen LogP contribution in [-0.2, 0) is 15.1 Å². The van der Waals surface area contributed by atoms with Gasteiger partial charge in [-0.15, -0.1) is 0 Å². The number of carbonyl (C=O) groups is 2. The van der Waals surface area contributed by atoms with Crippen LogP contribution in [0.25, 0.3) is 0 Å². The number of halogens is 1. The summed E-state index contributed by atoms with van der Waals surface area (Å²) in [6.45, 7) is 10.9. The molecule has 0 spiro atoms.